The Morgan fingerprint density at radius 3 is 2.62 bits per heavy atom. The first-order chi connectivity index (χ1) is 19.0. The van der Waals surface area contributed by atoms with Crippen LogP contribution in [0.4, 0.5) is 25.1 Å². The molecule has 14 heteroatoms. The van der Waals surface area contributed by atoms with Crippen molar-refractivity contribution in [1.29, 1.82) is 0 Å². The third-order valence-corrected chi connectivity index (χ3v) is 8.86. The zero-order chi connectivity index (χ0) is 28.6. The molecule has 0 radical (unpaired) electrons. The van der Waals surface area contributed by atoms with E-state index in [1.807, 2.05) is 4.72 Å². The van der Waals surface area contributed by atoms with Crippen LogP contribution in [0.15, 0.2) is 59.6 Å². The molecule has 208 valence electrons. The van der Waals surface area contributed by atoms with E-state index < -0.39 is 39.8 Å². The minimum Gasteiger partial charge on any atom is -0.325 e. The van der Waals surface area contributed by atoms with Gasteiger partial charge >= 0.3 is 16.2 Å². The molecule has 0 fully saturated rings. The molecule has 2 aliphatic heterocycles. The van der Waals surface area contributed by atoms with Gasteiger partial charge in [0.15, 0.2) is 5.12 Å². The van der Waals surface area contributed by atoms with Gasteiger partial charge in [-0.1, -0.05) is 17.8 Å². The Kier molecular flexibility index (Phi) is 7.47. The van der Waals surface area contributed by atoms with Gasteiger partial charge in [-0.25, -0.2) is 27.6 Å². The molecule has 2 aromatic carbocycles. The smallest absolute Gasteiger partial charge is 0.325 e. The number of hydrogen-bond acceptors (Lipinski definition) is 7. The van der Waals surface area contributed by atoms with Crippen LogP contribution in [0.1, 0.15) is 16.7 Å². The van der Waals surface area contributed by atoms with E-state index in [1.165, 1.54) is 18.1 Å². The predicted molar refractivity (Wildman–Crippen MR) is 144 cm³/mol. The van der Waals surface area contributed by atoms with E-state index in [0.29, 0.717) is 23.7 Å². The van der Waals surface area contributed by atoms with Crippen molar-refractivity contribution in [3.8, 4) is 0 Å². The summed E-state index contributed by atoms with van der Waals surface area (Å²) < 4.78 is 56.6. The van der Waals surface area contributed by atoms with Crippen LogP contribution in [-0.4, -0.2) is 50.1 Å². The lowest BCUT2D eigenvalue weighted by Gasteiger charge is -2.26. The molecule has 0 bridgehead atoms. The molecular weight excluding hydrogens is 564 g/mol. The molecule has 0 saturated carbocycles. The van der Waals surface area contributed by atoms with Crippen LogP contribution in [0, 0.1) is 11.6 Å². The number of pyridine rings is 1. The zero-order valence-corrected chi connectivity index (χ0v) is 22.7. The van der Waals surface area contributed by atoms with Gasteiger partial charge < -0.3 is 10.2 Å². The van der Waals surface area contributed by atoms with Crippen molar-refractivity contribution in [3.63, 3.8) is 0 Å². The molecule has 10 nitrogen and oxygen atoms in total. The van der Waals surface area contributed by atoms with Crippen molar-refractivity contribution < 1.29 is 31.6 Å². The second kappa shape index (κ2) is 10.8. The van der Waals surface area contributed by atoms with E-state index in [1.54, 1.807) is 30.3 Å². The predicted octanol–water partition coefficient (Wildman–Crippen LogP) is 2.72. The van der Waals surface area contributed by atoms with Gasteiger partial charge in [0.1, 0.15) is 23.5 Å². The normalized spacial score (nSPS) is 14.9. The van der Waals surface area contributed by atoms with Crippen LogP contribution in [0.3, 0.4) is 0 Å². The van der Waals surface area contributed by atoms with Crippen molar-refractivity contribution in [2.75, 3.05) is 22.8 Å². The average Bonchev–Trinajstić information content (AvgIpc) is 3.49. The number of urea groups is 1. The summed E-state index contributed by atoms with van der Waals surface area (Å²) >= 11 is 1.11. The average molecular weight is 588 g/mol. The number of carbonyl (C=O) groups is 3. The standard InChI is InChI=1S/C26H23F2N5O5S2/c1-32(20-4-5-22-17(12-20)13-23(34)39-22)25(35)21(11-15-9-18(27)14-19(28)10-15)30-26(36)31-40(37,38)33-8-6-16-3-2-7-29-24(16)33/h2-5,7,9-10,12,14,21H,6,8,11,13H2,1H3,(H2,30,31,36)/t21-/m0/s1. The van der Waals surface area contributed by atoms with Gasteiger partial charge in [0.05, 0.1) is 0 Å². The number of hydrogen-bond donors (Lipinski definition) is 2. The number of halogens is 2. The van der Waals surface area contributed by atoms with Crippen LogP contribution in [0.25, 0.3) is 0 Å². The van der Waals surface area contributed by atoms with Gasteiger partial charge in [0.2, 0.25) is 5.91 Å². The maximum absolute atomic E-state index is 13.9. The highest BCUT2D eigenvalue weighted by atomic mass is 32.2. The molecule has 40 heavy (non-hydrogen) atoms. The monoisotopic (exact) mass is 587 g/mol. The number of likely N-dealkylation sites (N-methyl/N-ethyl adjacent to an activating group) is 1. The topological polar surface area (TPSA) is 129 Å². The number of aromatic nitrogens is 1. The Morgan fingerprint density at radius 1 is 1.12 bits per heavy atom. The third-order valence-electron chi connectivity index (χ3n) is 6.49. The lowest BCUT2D eigenvalue weighted by atomic mass is 10.0. The number of nitrogens with one attached hydrogen (secondary N) is 2. The van der Waals surface area contributed by atoms with E-state index in [-0.39, 0.29) is 35.9 Å². The number of fused-ring (bicyclic) bond motifs is 2. The molecule has 3 heterocycles. The van der Waals surface area contributed by atoms with Crippen molar-refractivity contribution >= 4 is 50.5 Å². The fourth-order valence-corrected chi connectivity index (χ4v) is 6.62. The summed E-state index contributed by atoms with van der Waals surface area (Å²) in [5.41, 5.74) is 1.93. The van der Waals surface area contributed by atoms with Crippen molar-refractivity contribution in [2.45, 2.75) is 30.2 Å². The second-order valence-electron chi connectivity index (χ2n) is 9.26. The number of benzene rings is 2. The number of anilines is 2. The van der Waals surface area contributed by atoms with E-state index in [2.05, 4.69) is 10.3 Å². The highest BCUT2D eigenvalue weighted by molar-refractivity contribution is 8.14. The van der Waals surface area contributed by atoms with Gasteiger partial charge in [0.25, 0.3) is 0 Å². The first-order valence-electron chi connectivity index (χ1n) is 12.1. The number of nitrogens with zero attached hydrogens (tertiary/aromatic N) is 3. The minimum atomic E-state index is -4.39. The number of carbonyl (C=O) groups excluding carboxylic acids is 3. The molecule has 0 aliphatic carbocycles. The van der Waals surface area contributed by atoms with Gasteiger partial charge in [-0.15, -0.1) is 0 Å². The largest absolute Gasteiger partial charge is 0.330 e. The van der Waals surface area contributed by atoms with Gasteiger partial charge in [-0.3, -0.25) is 9.59 Å². The van der Waals surface area contributed by atoms with Crippen molar-refractivity contribution in [2.24, 2.45) is 0 Å². The van der Waals surface area contributed by atoms with Crippen molar-refractivity contribution in [1.82, 2.24) is 15.0 Å². The number of amides is 3. The van der Waals surface area contributed by atoms with Gasteiger partial charge in [0, 0.05) is 49.3 Å². The Hall–Kier alpha value is -4.04. The molecule has 3 amide bonds. The highest BCUT2D eigenvalue weighted by Gasteiger charge is 2.33. The van der Waals surface area contributed by atoms with E-state index in [0.717, 1.165) is 38.7 Å². The quantitative estimate of drug-likeness (QED) is 0.435. The maximum atomic E-state index is 13.9. The second-order valence-corrected chi connectivity index (χ2v) is 12.0. The number of thioether (sulfide) groups is 1. The van der Waals surface area contributed by atoms with Gasteiger partial charge in [-0.05, 0) is 59.5 Å². The Balaban J connectivity index is 1.37. The highest BCUT2D eigenvalue weighted by Crippen LogP contribution is 2.35. The molecule has 5 rings (SSSR count). The Bertz CT molecular complexity index is 1620. The van der Waals surface area contributed by atoms with Crippen LogP contribution in [0.2, 0.25) is 0 Å². The SMILES string of the molecule is CN(C(=O)[C@H](Cc1cc(F)cc(F)c1)NC(=O)NS(=O)(=O)N1CCc2cccnc21)c1ccc2c(c1)CC(=O)S2. The summed E-state index contributed by atoms with van der Waals surface area (Å²) in [4.78, 5) is 44.3. The van der Waals surface area contributed by atoms with E-state index in [4.69, 9.17) is 0 Å². The lowest BCUT2D eigenvalue weighted by molar-refractivity contribution is -0.120. The first-order valence-corrected chi connectivity index (χ1v) is 14.4. The minimum absolute atomic E-state index is 0.0255. The molecule has 1 atom stereocenters. The first kappa shape index (κ1) is 27.5. The van der Waals surface area contributed by atoms with Crippen molar-refractivity contribution in [3.05, 3.63) is 83.1 Å². The molecular formula is C26H23F2N5O5S2. The third kappa shape index (κ3) is 5.77. The van der Waals surface area contributed by atoms with E-state index in [9.17, 15) is 31.6 Å². The lowest BCUT2D eigenvalue weighted by Crippen LogP contribution is -2.54. The fraction of sp³-hybridized carbons (Fsp3) is 0.231. The summed E-state index contributed by atoms with van der Waals surface area (Å²) in [7, 11) is -2.94. The summed E-state index contributed by atoms with van der Waals surface area (Å²) in [6.07, 6.45) is 1.71. The fourth-order valence-electron chi connectivity index (χ4n) is 4.62. The van der Waals surface area contributed by atoms with Crippen LogP contribution < -0.4 is 19.2 Å². The van der Waals surface area contributed by atoms with Crippen LogP contribution in [-0.2, 0) is 39.1 Å². The number of rotatable bonds is 7. The van der Waals surface area contributed by atoms with Crippen LogP contribution in [0.5, 0.6) is 0 Å². The molecule has 0 saturated heterocycles. The summed E-state index contributed by atoms with van der Waals surface area (Å²) in [5.74, 6) is -2.23. The Labute approximate surface area is 232 Å². The van der Waals surface area contributed by atoms with Gasteiger partial charge in [-0.2, -0.15) is 8.42 Å². The summed E-state index contributed by atoms with van der Waals surface area (Å²) in [6, 6.07) is 8.51. The molecule has 1 aromatic heterocycles. The molecule has 3 aromatic rings. The molecule has 0 unspecified atom stereocenters. The van der Waals surface area contributed by atoms with Crippen LogP contribution >= 0.6 is 11.8 Å². The molecule has 2 N–H and O–H groups in total. The summed E-state index contributed by atoms with van der Waals surface area (Å²) in [6.45, 7) is 0.0712. The van der Waals surface area contributed by atoms with E-state index >= 15 is 0 Å². The summed E-state index contributed by atoms with van der Waals surface area (Å²) in [5, 5.41) is 2.32. The maximum Gasteiger partial charge on any atom is 0.330 e. The Morgan fingerprint density at radius 2 is 1.88 bits per heavy atom. The molecule has 0 spiro atoms. The molecule has 2 aliphatic rings. The zero-order valence-electron chi connectivity index (χ0n) is 21.1.